The lowest BCUT2D eigenvalue weighted by atomic mass is 10.2. The monoisotopic (exact) mass is 393 g/mol. The summed E-state index contributed by atoms with van der Waals surface area (Å²) in [5, 5.41) is 9.32. The Kier molecular flexibility index (Phi) is 6.09. The molecule has 1 aromatic heterocycles. The number of hydrogen-bond donors (Lipinski definition) is 1. The van der Waals surface area contributed by atoms with Gasteiger partial charge >= 0.3 is 5.97 Å². The third-order valence-electron chi connectivity index (χ3n) is 3.80. The standard InChI is InChI=1S/C14H20ClN3O6S/c1-16-6-10(15)5-12(16)14(21)17-3-4-24-11(7-17)8-18(9-13(19)20)25(2,22)23/h5-6,11H,3-4,7-9H2,1-2H3,(H,19,20). The minimum absolute atomic E-state index is 0.136. The summed E-state index contributed by atoms with van der Waals surface area (Å²) in [6.45, 7) is -0.0364. The maximum Gasteiger partial charge on any atom is 0.318 e. The second kappa shape index (κ2) is 7.73. The summed E-state index contributed by atoms with van der Waals surface area (Å²) < 4.78 is 31.4. The zero-order valence-corrected chi connectivity index (χ0v) is 15.5. The Bertz CT molecular complexity index is 763. The average Bonchev–Trinajstić information content (AvgIpc) is 2.83. The molecule has 1 N–H and O–H groups in total. The van der Waals surface area contributed by atoms with Crippen molar-refractivity contribution in [3.05, 3.63) is 23.0 Å². The summed E-state index contributed by atoms with van der Waals surface area (Å²) in [6.07, 6.45) is 1.95. The van der Waals surface area contributed by atoms with Gasteiger partial charge in [-0.25, -0.2) is 8.42 Å². The predicted octanol–water partition coefficient (Wildman–Crippen LogP) is -0.134. The third kappa shape index (κ3) is 5.18. The van der Waals surface area contributed by atoms with Crippen LogP contribution in [0.15, 0.2) is 12.3 Å². The second-order valence-corrected chi connectivity index (χ2v) is 8.27. The highest BCUT2D eigenvalue weighted by Crippen LogP contribution is 2.17. The van der Waals surface area contributed by atoms with Crippen LogP contribution in [-0.2, 0) is 26.6 Å². The van der Waals surface area contributed by atoms with Crippen molar-refractivity contribution in [3.63, 3.8) is 0 Å². The fraction of sp³-hybridized carbons (Fsp3) is 0.571. The van der Waals surface area contributed by atoms with Crippen molar-refractivity contribution in [2.45, 2.75) is 6.10 Å². The maximum absolute atomic E-state index is 12.6. The Morgan fingerprint density at radius 1 is 1.48 bits per heavy atom. The first-order valence-electron chi connectivity index (χ1n) is 7.47. The molecule has 1 amide bonds. The second-order valence-electron chi connectivity index (χ2n) is 5.85. The zero-order valence-electron chi connectivity index (χ0n) is 13.9. The molecule has 1 atom stereocenters. The van der Waals surface area contributed by atoms with E-state index in [1.165, 1.54) is 0 Å². The molecule has 0 radical (unpaired) electrons. The fourth-order valence-corrected chi connectivity index (χ4v) is 3.64. The number of amides is 1. The number of sulfonamides is 1. The molecule has 2 heterocycles. The van der Waals surface area contributed by atoms with E-state index in [0.29, 0.717) is 17.3 Å². The highest BCUT2D eigenvalue weighted by Gasteiger charge is 2.30. The lowest BCUT2D eigenvalue weighted by molar-refractivity contribution is -0.137. The number of aryl methyl sites for hydroxylation is 1. The number of hydrogen-bond acceptors (Lipinski definition) is 5. The Balaban J connectivity index is 2.08. The number of morpholine rings is 1. The minimum Gasteiger partial charge on any atom is -0.480 e. The van der Waals surface area contributed by atoms with Crippen molar-refractivity contribution in [1.29, 1.82) is 0 Å². The van der Waals surface area contributed by atoms with Crippen molar-refractivity contribution in [1.82, 2.24) is 13.8 Å². The van der Waals surface area contributed by atoms with Gasteiger partial charge in [-0.05, 0) is 6.07 Å². The van der Waals surface area contributed by atoms with E-state index in [-0.39, 0.29) is 25.6 Å². The molecule has 140 valence electrons. The maximum atomic E-state index is 12.6. The lowest BCUT2D eigenvalue weighted by Gasteiger charge is -2.34. The molecule has 0 saturated carbocycles. The molecule has 0 aliphatic carbocycles. The van der Waals surface area contributed by atoms with Gasteiger partial charge in [0.15, 0.2) is 0 Å². The molecular formula is C14H20ClN3O6S. The number of nitrogens with zero attached hydrogens (tertiary/aromatic N) is 3. The van der Waals surface area contributed by atoms with Gasteiger partial charge in [0.25, 0.3) is 5.91 Å². The molecule has 1 saturated heterocycles. The minimum atomic E-state index is -3.71. The van der Waals surface area contributed by atoms with Crippen molar-refractivity contribution in [2.75, 3.05) is 39.0 Å². The van der Waals surface area contributed by atoms with Crippen LogP contribution in [0.25, 0.3) is 0 Å². The molecule has 0 spiro atoms. The molecule has 1 fully saturated rings. The van der Waals surface area contributed by atoms with E-state index in [9.17, 15) is 18.0 Å². The molecule has 11 heteroatoms. The molecule has 9 nitrogen and oxygen atoms in total. The third-order valence-corrected chi connectivity index (χ3v) is 5.23. The number of halogens is 1. The van der Waals surface area contributed by atoms with Gasteiger partial charge in [0, 0.05) is 32.9 Å². The van der Waals surface area contributed by atoms with Crippen LogP contribution in [0.2, 0.25) is 5.02 Å². The molecule has 1 aromatic rings. The normalized spacial score (nSPS) is 18.6. The molecule has 25 heavy (non-hydrogen) atoms. The van der Waals surface area contributed by atoms with Gasteiger partial charge in [0.05, 0.1) is 24.0 Å². The predicted molar refractivity (Wildman–Crippen MR) is 90.1 cm³/mol. The number of rotatable bonds is 6. The lowest BCUT2D eigenvalue weighted by Crippen LogP contribution is -2.51. The van der Waals surface area contributed by atoms with E-state index in [4.69, 9.17) is 21.4 Å². The summed E-state index contributed by atoms with van der Waals surface area (Å²) in [4.78, 5) is 25.0. The van der Waals surface area contributed by atoms with Crippen LogP contribution in [-0.4, -0.2) is 84.3 Å². The SMILES string of the molecule is Cn1cc(Cl)cc1C(=O)N1CCOC(CN(CC(=O)O)S(C)(=O)=O)C1. The van der Waals surface area contributed by atoms with Crippen LogP contribution in [0.1, 0.15) is 10.5 Å². The van der Waals surface area contributed by atoms with Gasteiger partial charge in [-0.2, -0.15) is 4.31 Å². The summed E-state index contributed by atoms with van der Waals surface area (Å²) >= 11 is 5.90. The van der Waals surface area contributed by atoms with Crippen molar-refractivity contribution >= 4 is 33.5 Å². The first-order chi connectivity index (χ1) is 11.6. The van der Waals surface area contributed by atoms with Crippen LogP contribution in [0.5, 0.6) is 0 Å². The van der Waals surface area contributed by atoms with E-state index >= 15 is 0 Å². The number of carboxylic acid groups (broad SMARTS) is 1. The Morgan fingerprint density at radius 2 is 2.16 bits per heavy atom. The number of ether oxygens (including phenoxy) is 1. The average molecular weight is 394 g/mol. The largest absolute Gasteiger partial charge is 0.480 e. The van der Waals surface area contributed by atoms with Gasteiger partial charge < -0.3 is 19.3 Å². The van der Waals surface area contributed by atoms with Crippen LogP contribution < -0.4 is 0 Å². The Morgan fingerprint density at radius 3 is 2.68 bits per heavy atom. The van der Waals surface area contributed by atoms with Crippen molar-refractivity contribution in [2.24, 2.45) is 7.05 Å². The van der Waals surface area contributed by atoms with Gasteiger partial charge in [-0.15, -0.1) is 0 Å². The van der Waals surface area contributed by atoms with E-state index in [2.05, 4.69) is 0 Å². The van der Waals surface area contributed by atoms with E-state index < -0.39 is 28.6 Å². The van der Waals surface area contributed by atoms with Crippen LogP contribution >= 0.6 is 11.6 Å². The molecule has 2 rings (SSSR count). The Labute approximate surface area is 150 Å². The van der Waals surface area contributed by atoms with Gasteiger partial charge in [-0.1, -0.05) is 11.6 Å². The summed E-state index contributed by atoms with van der Waals surface area (Å²) in [7, 11) is -2.00. The molecule has 1 aliphatic rings. The Hall–Kier alpha value is -1.62. The number of carboxylic acids is 1. The fourth-order valence-electron chi connectivity index (χ4n) is 2.61. The van der Waals surface area contributed by atoms with Gasteiger partial charge in [0.1, 0.15) is 12.2 Å². The van der Waals surface area contributed by atoms with Crippen LogP contribution in [0.4, 0.5) is 0 Å². The van der Waals surface area contributed by atoms with Crippen molar-refractivity contribution < 1.29 is 27.9 Å². The number of carbonyl (C=O) groups is 2. The van der Waals surface area contributed by atoms with E-state index in [1.54, 1.807) is 28.8 Å². The van der Waals surface area contributed by atoms with Crippen molar-refractivity contribution in [3.8, 4) is 0 Å². The molecule has 0 bridgehead atoms. The first kappa shape index (κ1) is 19.7. The van der Waals surface area contributed by atoms with Gasteiger partial charge in [0.2, 0.25) is 10.0 Å². The smallest absolute Gasteiger partial charge is 0.318 e. The molecule has 1 unspecified atom stereocenters. The number of aromatic nitrogens is 1. The summed E-state index contributed by atoms with van der Waals surface area (Å²) in [5.74, 6) is -1.50. The first-order valence-corrected chi connectivity index (χ1v) is 9.70. The summed E-state index contributed by atoms with van der Waals surface area (Å²) in [5.41, 5.74) is 0.413. The summed E-state index contributed by atoms with van der Waals surface area (Å²) in [6, 6.07) is 1.56. The molecular weight excluding hydrogens is 374 g/mol. The zero-order chi connectivity index (χ0) is 18.8. The molecule has 0 aromatic carbocycles. The number of aliphatic carboxylic acids is 1. The van der Waals surface area contributed by atoms with Crippen LogP contribution in [0.3, 0.4) is 0 Å². The topological polar surface area (TPSA) is 109 Å². The van der Waals surface area contributed by atoms with E-state index in [0.717, 1.165) is 10.6 Å². The van der Waals surface area contributed by atoms with E-state index in [1.807, 2.05) is 0 Å². The highest BCUT2D eigenvalue weighted by atomic mass is 35.5. The molecule has 1 aliphatic heterocycles. The highest BCUT2D eigenvalue weighted by molar-refractivity contribution is 7.88. The number of carbonyl (C=O) groups excluding carboxylic acids is 1. The van der Waals surface area contributed by atoms with Gasteiger partial charge in [-0.3, -0.25) is 9.59 Å². The van der Waals surface area contributed by atoms with Crippen LogP contribution in [0, 0.1) is 0 Å². The quantitative estimate of drug-likeness (QED) is 0.720.